The van der Waals surface area contributed by atoms with Crippen molar-refractivity contribution in [2.24, 2.45) is 0 Å². The van der Waals surface area contributed by atoms with E-state index in [0.29, 0.717) is 16.5 Å². The molecule has 0 bridgehead atoms. The van der Waals surface area contributed by atoms with Crippen molar-refractivity contribution in [1.29, 1.82) is 0 Å². The highest BCUT2D eigenvalue weighted by Crippen LogP contribution is 2.28. The molecule has 0 aliphatic rings. The lowest BCUT2D eigenvalue weighted by Gasteiger charge is -1.99. The molecule has 0 atom stereocenters. The van der Waals surface area contributed by atoms with Gasteiger partial charge in [-0.15, -0.1) is 10.2 Å². The number of methoxy groups -OCH3 is 1. The second-order valence-electron chi connectivity index (χ2n) is 4.68. The predicted molar refractivity (Wildman–Crippen MR) is 80.9 cm³/mol. The summed E-state index contributed by atoms with van der Waals surface area (Å²) in [6.45, 7) is 1.83. The van der Waals surface area contributed by atoms with E-state index in [1.165, 1.54) is 11.3 Å². The fourth-order valence-corrected chi connectivity index (χ4v) is 2.94. The van der Waals surface area contributed by atoms with Gasteiger partial charge in [-0.25, -0.2) is 0 Å². The maximum atomic E-state index is 5.17. The molecule has 0 saturated heterocycles. The Balaban J connectivity index is 1.79. The van der Waals surface area contributed by atoms with Crippen LogP contribution in [0.3, 0.4) is 0 Å². The summed E-state index contributed by atoms with van der Waals surface area (Å²) >= 11 is 1.47. The minimum absolute atomic E-state index is 0.572. The highest BCUT2D eigenvalue weighted by atomic mass is 32.1. The second-order valence-corrected chi connectivity index (χ2v) is 5.63. The summed E-state index contributed by atoms with van der Waals surface area (Å²) in [7, 11) is 1.64. The van der Waals surface area contributed by atoms with Crippen LogP contribution >= 0.6 is 11.3 Å². The Morgan fingerprint density at radius 2 is 2.00 bits per heavy atom. The van der Waals surface area contributed by atoms with Gasteiger partial charge >= 0.3 is 0 Å². The first-order valence-electron chi connectivity index (χ1n) is 6.55. The van der Waals surface area contributed by atoms with E-state index in [9.17, 15) is 0 Å². The maximum Gasteiger partial charge on any atom is 0.235 e. The standard InChI is InChI=1S/C14H11N5O2S/c1-8-7-11(18-21-8)12-15-16-14-19(12)17-13(22-14)9-3-5-10(20-2)6-4-9/h3-7H,1-2H3. The van der Waals surface area contributed by atoms with Crippen LogP contribution in [0.4, 0.5) is 0 Å². The third kappa shape index (κ3) is 2.04. The van der Waals surface area contributed by atoms with Gasteiger partial charge in [-0.05, 0) is 31.2 Å². The molecule has 0 amide bonds. The lowest BCUT2D eigenvalue weighted by Crippen LogP contribution is -1.91. The molecule has 0 radical (unpaired) electrons. The Morgan fingerprint density at radius 3 is 2.68 bits per heavy atom. The van der Waals surface area contributed by atoms with Crippen LogP contribution < -0.4 is 4.74 Å². The molecule has 0 saturated carbocycles. The first-order valence-corrected chi connectivity index (χ1v) is 7.36. The third-order valence-corrected chi connectivity index (χ3v) is 4.13. The SMILES string of the molecule is COc1ccc(-c2nn3c(-c4cc(C)on4)nnc3s2)cc1. The van der Waals surface area contributed by atoms with E-state index in [1.807, 2.05) is 37.3 Å². The third-order valence-electron chi connectivity index (χ3n) is 3.18. The highest BCUT2D eigenvalue weighted by molar-refractivity contribution is 7.19. The Morgan fingerprint density at radius 1 is 1.18 bits per heavy atom. The van der Waals surface area contributed by atoms with Crippen LogP contribution in [-0.4, -0.2) is 32.1 Å². The largest absolute Gasteiger partial charge is 0.497 e. The van der Waals surface area contributed by atoms with E-state index < -0.39 is 0 Å². The van der Waals surface area contributed by atoms with Crippen molar-refractivity contribution in [2.75, 3.05) is 7.11 Å². The lowest BCUT2D eigenvalue weighted by molar-refractivity contribution is 0.399. The molecule has 22 heavy (non-hydrogen) atoms. The number of hydrogen-bond acceptors (Lipinski definition) is 7. The molecule has 4 rings (SSSR count). The molecule has 110 valence electrons. The van der Waals surface area contributed by atoms with Crippen LogP contribution in [-0.2, 0) is 0 Å². The van der Waals surface area contributed by atoms with Crippen LogP contribution in [0.2, 0.25) is 0 Å². The van der Waals surface area contributed by atoms with Crippen molar-refractivity contribution in [2.45, 2.75) is 6.92 Å². The van der Waals surface area contributed by atoms with E-state index in [2.05, 4.69) is 20.5 Å². The van der Waals surface area contributed by atoms with Gasteiger partial charge in [0.15, 0.2) is 5.69 Å². The molecule has 0 aliphatic carbocycles. The Labute approximate surface area is 129 Å². The Hall–Kier alpha value is -2.74. The van der Waals surface area contributed by atoms with Crippen molar-refractivity contribution in [3.8, 4) is 27.8 Å². The molecule has 0 fully saturated rings. The summed E-state index contributed by atoms with van der Waals surface area (Å²) < 4.78 is 11.9. The molecular formula is C14H11N5O2S. The zero-order valence-corrected chi connectivity index (χ0v) is 12.7. The Bertz CT molecular complexity index is 938. The van der Waals surface area contributed by atoms with Gasteiger partial charge in [-0.2, -0.15) is 9.61 Å². The van der Waals surface area contributed by atoms with Crippen LogP contribution in [0.1, 0.15) is 5.76 Å². The Kier molecular flexibility index (Phi) is 2.90. The molecule has 8 heteroatoms. The molecule has 3 aromatic heterocycles. The van der Waals surface area contributed by atoms with E-state index >= 15 is 0 Å². The van der Waals surface area contributed by atoms with Gasteiger partial charge in [-0.3, -0.25) is 0 Å². The number of benzene rings is 1. The molecule has 1 aromatic carbocycles. The number of hydrogen-bond donors (Lipinski definition) is 0. The van der Waals surface area contributed by atoms with E-state index in [4.69, 9.17) is 9.26 Å². The maximum absolute atomic E-state index is 5.17. The fourth-order valence-electron chi connectivity index (χ4n) is 2.10. The van der Waals surface area contributed by atoms with Gasteiger partial charge in [0.25, 0.3) is 0 Å². The van der Waals surface area contributed by atoms with E-state index in [0.717, 1.165) is 22.1 Å². The molecule has 0 spiro atoms. The van der Waals surface area contributed by atoms with Crippen molar-refractivity contribution >= 4 is 16.3 Å². The first-order chi connectivity index (χ1) is 10.7. The van der Waals surface area contributed by atoms with Gasteiger partial charge in [-0.1, -0.05) is 16.5 Å². The minimum atomic E-state index is 0.572. The minimum Gasteiger partial charge on any atom is -0.497 e. The quantitative estimate of drug-likeness (QED) is 0.579. The van der Waals surface area contributed by atoms with Gasteiger partial charge in [0.1, 0.15) is 16.5 Å². The lowest BCUT2D eigenvalue weighted by atomic mass is 10.2. The smallest absolute Gasteiger partial charge is 0.235 e. The summed E-state index contributed by atoms with van der Waals surface area (Å²) in [6.07, 6.45) is 0. The monoisotopic (exact) mass is 313 g/mol. The zero-order chi connectivity index (χ0) is 15.1. The number of aromatic nitrogens is 5. The van der Waals surface area contributed by atoms with Crippen molar-refractivity contribution in [1.82, 2.24) is 25.0 Å². The molecule has 0 N–H and O–H groups in total. The number of aryl methyl sites for hydroxylation is 1. The zero-order valence-electron chi connectivity index (χ0n) is 11.8. The van der Waals surface area contributed by atoms with Crippen LogP contribution in [0.25, 0.3) is 27.1 Å². The first kappa shape index (κ1) is 13.0. The molecule has 7 nitrogen and oxygen atoms in total. The van der Waals surface area contributed by atoms with Crippen molar-refractivity contribution < 1.29 is 9.26 Å². The van der Waals surface area contributed by atoms with E-state index in [1.54, 1.807) is 11.6 Å². The highest BCUT2D eigenvalue weighted by Gasteiger charge is 2.17. The molecule has 0 unspecified atom stereocenters. The second kappa shape index (κ2) is 4.92. The van der Waals surface area contributed by atoms with Crippen molar-refractivity contribution in [3.05, 3.63) is 36.1 Å². The number of nitrogens with zero attached hydrogens (tertiary/aromatic N) is 5. The van der Waals surface area contributed by atoms with Crippen LogP contribution in [0, 0.1) is 6.92 Å². The van der Waals surface area contributed by atoms with E-state index in [-0.39, 0.29) is 0 Å². The molecule has 3 heterocycles. The van der Waals surface area contributed by atoms with Gasteiger partial charge in [0.05, 0.1) is 7.11 Å². The normalized spacial score (nSPS) is 11.2. The average Bonchev–Trinajstić information content (AvgIpc) is 3.22. The van der Waals surface area contributed by atoms with Gasteiger partial charge in [0, 0.05) is 11.6 Å². The van der Waals surface area contributed by atoms with Gasteiger partial charge in [0.2, 0.25) is 10.8 Å². The molecule has 4 aromatic rings. The predicted octanol–water partition coefficient (Wildman–Crippen LogP) is 2.82. The summed E-state index contributed by atoms with van der Waals surface area (Å²) in [4.78, 5) is 0.710. The van der Waals surface area contributed by atoms with Crippen LogP contribution in [0.15, 0.2) is 34.9 Å². The van der Waals surface area contributed by atoms with Gasteiger partial charge < -0.3 is 9.26 Å². The summed E-state index contributed by atoms with van der Waals surface area (Å²) in [6, 6.07) is 9.54. The molecule has 0 aliphatic heterocycles. The van der Waals surface area contributed by atoms with Crippen molar-refractivity contribution in [3.63, 3.8) is 0 Å². The average molecular weight is 313 g/mol. The molecular weight excluding hydrogens is 302 g/mol. The number of rotatable bonds is 3. The fraction of sp³-hybridized carbons (Fsp3) is 0.143. The topological polar surface area (TPSA) is 78.3 Å². The number of fused-ring (bicyclic) bond motifs is 1. The summed E-state index contributed by atoms with van der Waals surface area (Å²) in [5.41, 5.74) is 1.62. The van der Waals surface area contributed by atoms with Crippen LogP contribution in [0.5, 0.6) is 5.75 Å². The summed E-state index contributed by atoms with van der Waals surface area (Å²) in [5.74, 6) is 2.10. The summed E-state index contributed by atoms with van der Waals surface area (Å²) in [5, 5.41) is 17.7. The number of ether oxygens (including phenoxy) is 1.